The third-order valence-corrected chi connectivity index (χ3v) is 4.82. The molecule has 25 heavy (non-hydrogen) atoms. The van der Waals surface area contributed by atoms with Crippen LogP contribution in [0.1, 0.15) is 5.56 Å². The Bertz CT molecular complexity index is 673. The molecule has 2 aliphatic heterocycles. The van der Waals surface area contributed by atoms with E-state index >= 15 is 0 Å². The number of para-hydroxylation sites is 1. The van der Waals surface area contributed by atoms with Crippen LogP contribution in [0.5, 0.6) is 11.5 Å². The summed E-state index contributed by atoms with van der Waals surface area (Å²) in [5, 5.41) is 0. The van der Waals surface area contributed by atoms with E-state index in [4.69, 9.17) is 9.47 Å². The second kappa shape index (κ2) is 8.45. The molecule has 0 N–H and O–H groups in total. The molecule has 134 valence electrons. The summed E-state index contributed by atoms with van der Waals surface area (Å²) in [5.41, 5.74) is 2.59. The Labute approximate surface area is 155 Å². The van der Waals surface area contributed by atoms with Gasteiger partial charge in [-0.05, 0) is 24.1 Å². The van der Waals surface area contributed by atoms with E-state index in [-0.39, 0.29) is 12.4 Å². The number of benzene rings is 2. The van der Waals surface area contributed by atoms with Crippen molar-refractivity contribution in [1.82, 2.24) is 4.90 Å². The molecule has 0 saturated carbocycles. The third kappa shape index (κ3) is 4.20. The largest absolute Gasteiger partial charge is 0.486 e. The lowest BCUT2D eigenvalue weighted by Gasteiger charge is -2.37. The van der Waals surface area contributed by atoms with E-state index in [1.165, 1.54) is 11.3 Å². The maximum Gasteiger partial charge on any atom is 0.184 e. The zero-order valence-electron chi connectivity index (χ0n) is 14.4. The number of anilines is 1. The maximum atomic E-state index is 5.86. The van der Waals surface area contributed by atoms with Crippen molar-refractivity contribution >= 4 is 18.1 Å². The second-order valence-electron chi connectivity index (χ2n) is 6.37. The highest BCUT2D eigenvalue weighted by molar-refractivity contribution is 5.85. The predicted molar refractivity (Wildman–Crippen MR) is 103 cm³/mol. The molecule has 1 saturated heterocycles. The number of nitrogens with zero attached hydrogens (tertiary/aromatic N) is 2. The Balaban J connectivity index is 0.00000182. The van der Waals surface area contributed by atoms with E-state index in [0.29, 0.717) is 13.2 Å². The van der Waals surface area contributed by atoms with E-state index in [2.05, 4.69) is 52.3 Å². The Morgan fingerprint density at radius 1 is 0.800 bits per heavy atom. The Morgan fingerprint density at radius 3 is 2.36 bits per heavy atom. The average Bonchev–Trinajstić information content (AvgIpc) is 2.67. The molecule has 2 aliphatic rings. The van der Waals surface area contributed by atoms with Crippen molar-refractivity contribution in [3.63, 3.8) is 0 Å². The first-order valence-corrected chi connectivity index (χ1v) is 8.80. The van der Waals surface area contributed by atoms with Gasteiger partial charge in [0.15, 0.2) is 11.5 Å². The number of hydrogen-bond donors (Lipinski definition) is 0. The molecule has 0 aromatic heterocycles. The molecule has 4 nitrogen and oxygen atoms in total. The smallest absolute Gasteiger partial charge is 0.184 e. The van der Waals surface area contributed by atoms with Gasteiger partial charge < -0.3 is 14.4 Å². The predicted octanol–water partition coefficient (Wildman–Crippen LogP) is 3.24. The minimum atomic E-state index is 0. The first kappa shape index (κ1) is 17.9. The molecular formula is C20H25ClN2O2. The molecule has 0 bridgehead atoms. The normalized spacial score (nSPS) is 17.0. The molecule has 0 unspecified atom stereocenters. The quantitative estimate of drug-likeness (QED) is 0.835. The highest BCUT2D eigenvalue weighted by Gasteiger charge is 2.23. The summed E-state index contributed by atoms with van der Waals surface area (Å²) in [5.74, 6) is 1.80. The molecule has 0 spiro atoms. The van der Waals surface area contributed by atoms with Gasteiger partial charge in [0, 0.05) is 32.7 Å². The summed E-state index contributed by atoms with van der Waals surface area (Å²) in [6.45, 7) is 6.67. The van der Waals surface area contributed by atoms with Crippen LogP contribution in [-0.4, -0.2) is 50.8 Å². The van der Waals surface area contributed by atoms with Gasteiger partial charge in [0.1, 0.15) is 13.2 Å². The Hall–Kier alpha value is -1.91. The molecule has 2 aromatic carbocycles. The summed E-state index contributed by atoms with van der Waals surface area (Å²) in [6.07, 6.45) is 1.12. The molecule has 0 radical (unpaired) electrons. The van der Waals surface area contributed by atoms with Gasteiger partial charge in [-0.1, -0.05) is 36.4 Å². The SMILES string of the molecule is Cl.c1ccc(CCN2CCN(c3cccc4c3OCCO4)CC2)cc1. The van der Waals surface area contributed by atoms with Crippen LogP contribution in [-0.2, 0) is 6.42 Å². The first-order valence-electron chi connectivity index (χ1n) is 8.80. The van der Waals surface area contributed by atoms with Crippen LogP contribution in [0.2, 0.25) is 0 Å². The summed E-state index contributed by atoms with van der Waals surface area (Å²) in [7, 11) is 0. The van der Waals surface area contributed by atoms with Crippen LogP contribution >= 0.6 is 12.4 Å². The molecule has 0 aliphatic carbocycles. The minimum Gasteiger partial charge on any atom is -0.486 e. The Morgan fingerprint density at radius 2 is 1.56 bits per heavy atom. The number of piperazine rings is 1. The van der Waals surface area contributed by atoms with Crippen LogP contribution in [0, 0.1) is 0 Å². The van der Waals surface area contributed by atoms with Gasteiger partial charge in [0.2, 0.25) is 0 Å². The lowest BCUT2D eigenvalue weighted by molar-refractivity contribution is 0.171. The topological polar surface area (TPSA) is 24.9 Å². The van der Waals surface area contributed by atoms with Gasteiger partial charge in [-0.25, -0.2) is 0 Å². The summed E-state index contributed by atoms with van der Waals surface area (Å²) >= 11 is 0. The van der Waals surface area contributed by atoms with E-state index < -0.39 is 0 Å². The van der Waals surface area contributed by atoms with Gasteiger partial charge in [0.05, 0.1) is 5.69 Å². The molecule has 1 fully saturated rings. The molecule has 0 amide bonds. The monoisotopic (exact) mass is 360 g/mol. The van der Waals surface area contributed by atoms with Crippen LogP contribution in [0.3, 0.4) is 0 Å². The van der Waals surface area contributed by atoms with Gasteiger partial charge in [-0.2, -0.15) is 0 Å². The molecule has 2 heterocycles. The van der Waals surface area contributed by atoms with Crippen molar-refractivity contribution in [3.8, 4) is 11.5 Å². The molecule has 4 rings (SSSR count). The Kier molecular flexibility index (Phi) is 6.05. The van der Waals surface area contributed by atoms with E-state index in [9.17, 15) is 0 Å². The third-order valence-electron chi connectivity index (χ3n) is 4.82. The van der Waals surface area contributed by atoms with Gasteiger partial charge in [-0.3, -0.25) is 4.90 Å². The van der Waals surface area contributed by atoms with Gasteiger partial charge in [0.25, 0.3) is 0 Å². The molecule has 5 heteroatoms. The van der Waals surface area contributed by atoms with Crippen molar-refractivity contribution in [2.75, 3.05) is 50.8 Å². The van der Waals surface area contributed by atoms with Crippen molar-refractivity contribution in [2.45, 2.75) is 6.42 Å². The van der Waals surface area contributed by atoms with E-state index in [1.54, 1.807) is 0 Å². The van der Waals surface area contributed by atoms with Crippen LogP contribution in [0.15, 0.2) is 48.5 Å². The number of halogens is 1. The molecule has 2 aromatic rings. The van der Waals surface area contributed by atoms with Crippen LogP contribution < -0.4 is 14.4 Å². The highest BCUT2D eigenvalue weighted by Crippen LogP contribution is 2.39. The fourth-order valence-corrected chi connectivity index (χ4v) is 3.45. The number of hydrogen-bond acceptors (Lipinski definition) is 4. The summed E-state index contributed by atoms with van der Waals surface area (Å²) in [6, 6.07) is 16.9. The fraction of sp³-hybridized carbons (Fsp3) is 0.400. The maximum absolute atomic E-state index is 5.86. The highest BCUT2D eigenvalue weighted by atomic mass is 35.5. The van der Waals surface area contributed by atoms with Crippen molar-refractivity contribution in [3.05, 3.63) is 54.1 Å². The number of fused-ring (bicyclic) bond motifs is 1. The first-order chi connectivity index (χ1) is 11.9. The average molecular weight is 361 g/mol. The summed E-state index contributed by atoms with van der Waals surface area (Å²) in [4.78, 5) is 4.97. The lowest BCUT2D eigenvalue weighted by atomic mass is 10.1. The van der Waals surface area contributed by atoms with Crippen molar-refractivity contribution in [2.24, 2.45) is 0 Å². The molecular weight excluding hydrogens is 336 g/mol. The summed E-state index contributed by atoms with van der Waals surface area (Å²) < 4.78 is 11.6. The van der Waals surface area contributed by atoms with Gasteiger partial charge in [-0.15, -0.1) is 12.4 Å². The molecule has 0 atom stereocenters. The standard InChI is InChI=1S/C20H24N2O2.ClH/c1-2-5-17(6-3-1)9-10-21-11-13-22(14-12-21)18-7-4-8-19-20(18)24-16-15-23-19;/h1-8H,9-16H2;1H. The lowest BCUT2D eigenvalue weighted by Crippen LogP contribution is -2.47. The van der Waals surface area contributed by atoms with Gasteiger partial charge >= 0.3 is 0 Å². The van der Waals surface area contributed by atoms with Crippen LogP contribution in [0.25, 0.3) is 0 Å². The number of rotatable bonds is 4. The fourth-order valence-electron chi connectivity index (χ4n) is 3.45. The van der Waals surface area contributed by atoms with Crippen LogP contribution in [0.4, 0.5) is 5.69 Å². The van der Waals surface area contributed by atoms with Crippen molar-refractivity contribution in [1.29, 1.82) is 0 Å². The zero-order valence-corrected chi connectivity index (χ0v) is 15.2. The minimum absolute atomic E-state index is 0. The zero-order chi connectivity index (χ0) is 16.2. The van der Waals surface area contributed by atoms with E-state index in [1.807, 2.05) is 6.07 Å². The van der Waals surface area contributed by atoms with E-state index in [0.717, 1.165) is 50.6 Å². The second-order valence-corrected chi connectivity index (χ2v) is 6.37. The number of ether oxygens (including phenoxy) is 2. The van der Waals surface area contributed by atoms with Crippen molar-refractivity contribution < 1.29 is 9.47 Å².